The molecule has 1 aliphatic carbocycles. The van der Waals surface area contributed by atoms with Crippen LogP contribution in [0.3, 0.4) is 0 Å². The molecule has 2 aliphatic heterocycles. The maximum atomic E-state index is 13.3. The van der Waals surface area contributed by atoms with Crippen molar-refractivity contribution in [2.45, 2.75) is 82.6 Å². The largest absolute Gasteiger partial charge is 0.379 e. The van der Waals surface area contributed by atoms with Crippen LogP contribution in [0, 0.1) is 5.92 Å². The van der Waals surface area contributed by atoms with Crippen LogP contribution in [0.25, 0.3) is 5.65 Å². The number of benzene rings is 1. The van der Waals surface area contributed by atoms with Gasteiger partial charge in [0.25, 0.3) is 11.8 Å². The highest BCUT2D eigenvalue weighted by atomic mass is 16.2. The number of amides is 2. The number of hydrogen-bond donors (Lipinski definition) is 2. The maximum Gasteiger partial charge on any atom is 0.253 e. The quantitative estimate of drug-likeness (QED) is 0.378. The van der Waals surface area contributed by atoms with Crippen LogP contribution in [-0.4, -0.2) is 51.3 Å². The van der Waals surface area contributed by atoms with Crippen molar-refractivity contribution in [3.05, 3.63) is 65.6 Å². The molecule has 206 valence electrons. The fourth-order valence-corrected chi connectivity index (χ4v) is 6.92. The number of aromatic nitrogens is 2. The lowest BCUT2D eigenvalue weighted by molar-refractivity contribution is 0.0685. The van der Waals surface area contributed by atoms with Crippen molar-refractivity contribution in [1.82, 2.24) is 19.6 Å². The second-order valence-corrected chi connectivity index (χ2v) is 12.0. The molecule has 7 heteroatoms. The molecule has 0 radical (unpaired) electrons. The highest BCUT2D eigenvalue weighted by Gasteiger charge is 2.37. The molecule has 3 aromatic rings. The number of carbonyl (C=O) groups excluding carboxylic acids is 2. The summed E-state index contributed by atoms with van der Waals surface area (Å²) in [5, 5.41) is 6.88. The summed E-state index contributed by atoms with van der Waals surface area (Å²) in [7, 11) is 0. The van der Waals surface area contributed by atoms with Crippen molar-refractivity contribution < 1.29 is 9.59 Å². The monoisotopic (exact) mass is 527 g/mol. The Morgan fingerprint density at radius 1 is 1.00 bits per heavy atom. The van der Waals surface area contributed by atoms with Crippen LogP contribution in [0.1, 0.15) is 96.9 Å². The number of rotatable bonds is 7. The Balaban J connectivity index is 0.917. The predicted molar refractivity (Wildman–Crippen MR) is 154 cm³/mol. The van der Waals surface area contributed by atoms with E-state index in [0.29, 0.717) is 18.0 Å². The van der Waals surface area contributed by atoms with Gasteiger partial charge in [-0.2, -0.15) is 0 Å². The van der Waals surface area contributed by atoms with Gasteiger partial charge in [0.15, 0.2) is 0 Å². The van der Waals surface area contributed by atoms with E-state index in [2.05, 4.69) is 32.7 Å². The van der Waals surface area contributed by atoms with Gasteiger partial charge in [-0.3, -0.25) is 9.59 Å². The fourth-order valence-electron chi connectivity index (χ4n) is 6.92. The maximum absolute atomic E-state index is 13.3. The van der Waals surface area contributed by atoms with Gasteiger partial charge >= 0.3 is 0 Å². The standard InChI is InChI=1S/C32H41N5O2/c38-30(26-9-11-29-33-17-20-37(29)23-26)34-16-6-3-7-24-12-18-36(19-13-24)31(39)25-8-10-28-27(21-25)22-32(35-28)14-4-1-2-5-15-32/h8-11,17,20-21,23-24,35H,1-7,12-16,18-19,22H2,(H,34,38). The summed E-state index contributed by atoms with van der Waals surface area (Å²) in [6, 6.07) is 10.0. The molecular formula is C32H41N5O2. The van der Waals surface area contributed by atoms with E-state index in [4.69, 9.17) is 0 Å². The second kappa shape index (κ2) is 11.4. The van der Waals surface area contributed by atoms with Crippen molar-refractivity contribution in [1.29, 1.82) is 0 Å². The van der Waals surface area contributed by atoms with Gasteiger partial charge in [-0.1, -0.05) is 38.5 Å². The molecule has 1 aromatic carbocycles. The zero-order valence-electron chi connectivity index (χ0n) is 23.0. The number of piperidine rings is 1. The van der Waals surface area contributed by atoms with Crippen LogP contribution >= 0.6 is 0 Å². The molecule has 2 aromatic heterocycles. The van der Waals surface area contributed by atoms with Crippen molar-refractivity contribution >= 4 is 23.1 Å². The number of nitrogens with one attached hydrogen (secondary N) is 2. The third-order valence-electron chi connectivity index (χ3n) is 9.22. The van der Waals surface area contributed by atoms with Gasteiger partial charge in [0.1, 0.15) is 5.65 Å². The lowest BCUT2D eigenvalue weighted by Gasteiger charge is -2.32. The highest BCUT2D eigenvalue weighted by Crippen LogP contribution is 2.41. The van der Waals surface area contributed by atoms with Crippen LogP contribution in [0.4, 0.5) is 5.69 Å². The zero-order valence-corrected chi connectivity index (χ0v) is 23.0. The number of anilines is 1. The fraction of sp³-hybridized carbons (Fsp3) is 0.531. The first-order valence-electron chi connectivity index (χ1n) is 15.0. The summed E-state index contributed by atoms with van der Waals surface area (Å²) in [4.78, 5) is 32.1. The molecule has 0 atom stereocenters. The Morgan fingerprint density at radius 3 is 2.62 bits per heavy atom. The number of pyridine rings is 1. The molecule has 4 heterocycles. The number of unbranched alkanes of at least 4 members (excludes halogenated alkanes) is 1. The molecule has 2 N–H and O–H groups in total. The summed E-state index contributed by atoms with van der Waals surface area (Å²) in [6.45, 7) is 2.37. The van der Waals surface area contributed by atoms with Gasteiger partial charge in [0.2, 0.25) is 0 Å². The first-order valence-corrected chi connectivity index (χ1v) is 15.0. The van der Waals surface area contributed by atoms with Crippen molar-refractivity contribution in [3.63, 3.8) is 0 Å². The first kappa shape index (κ1) is 25.9. The normalized spacial score (nSPS) is 19.0. The number of fused-ring (bicyclic) bond motifs is 2. The van der Waals surface area contributed by atoms with Gasteiger partial charge in [0.05, 0.1) is 5.56 Å². The number of carbonyl (C=O) groups is 2. The Labute approximate surface area is 231 Å². The minimum absolute atomic E-state index is 0.0378. The van der Waals surface area contributed by atoms with Crippen molar-refractivity contribution in [3.8, 4) is 0 Å². The summed E-state index contributed by atoms with van der Waals surface area (Å²) in [5.74, 6) is 0.812. The van der Waals surface area contributed by atoms with E-state index in [-0.39, 0.29) is 17.4 Å². The average molecular weight is 528 g/mol. The molecule has 1 saturated heterocycles. The molecule has 2 fully saturated rings. The zero-order chi connectivity index (χ0) is 26.7. The topological polar surface area (TPSA) is 78.7 Å². The molecule has 0 unspecified atom stereocenters. The Kier molecular flexibility index (Phi) is 7.58. The molecule has 1 spiro atoms. The molecule has 1 saturated carbocycles. The second-order valence-electron chi connectivity index (χ2n) is 12.0. The molecule has 0 bridgehead atoms. The molecule has 7 nitrogen and oxygen atoms in total. The van der Waals surface area contributed by atoms with Crippen LogP contribution in [0.5, 0.6) is 0 Å². The summed E-state index contributed by atoms with van der Waals surface area (Å²) < 4.78 is 1.86. The molecular weight excluding hydrogens is 486 g/mol. The van der Waals surface area contributed by atoms with Crippen molar-refractivity contribution in [2.75, 3.05) is 25.0 Å². The van der Waals surface area contributed by atoms with Gasteiger partial charge in [-0.25, -0.2) is 4.98 Å². The van der Waals surface area contributed by atoms with E-state index in [0.717, 1.165) is 62.8 Å². The van der Waals surface area contributed by atoms with E-state index in [1.165, 1.54) is 49.8 Å². The summed E-state index contributed by atoms with van der Waals surface area (Å²) >= 11 is 0. The minimum atomic E-state index is -0.0378. The van der Waals surface area contributed by atoms with Gasteiger partial charge in [0, 0.05) is 55.0 Å². The molecule has 2 amide bonds. The number of likely N-dealkylation sites (tertiary alicyclic amines) is 1. The molecule has 39 heavy (non-hydrogen) atoms. The lowest BCUT2D eigenvalue weighted by atomic mass is 9.87. The Bertz CT molecular complexity index is 1320. The SMILES string of the molecule is O=C(NCCCCC1CCN(C(=O)c2ccc3c(c2)CC2(CCCCCC2)N3)CC1)c1ccc2nccn2c1. The smallest absolute Gasteiger partial charge is 0.253 e. The summed E-state index contributed by atoms with van der Waals surface area (Å²) in [5.41, 5.74) is 5.13. The molecule has 6 rings (SSSR count). The highest BCUT2D eigenvalue weighted by molar-refractivity contribution is 5.95. The van der Waals surface area contributed by atoms with E-state index in [9.17, 15) is 9.59 Å². The van der Waals surface area contributed by atoms with Crippen LogP contribution in [0.2, 0.25) is 0 Å². The number of hydrogen-bond acceptors (Lipinski definition) is 4. The Morgan fingerprint density at radius 2 is 1.79 bits per heavy atom. The van der Waals surface area contributed by atoms with Crippen LogP contribution in [0.15, 0.2) is 48.9 Å². The minimum Gasteiger partial charge on any atom is -0.379 e. The van der Waals surface area contributed by atoms with E-state index in [1.54, 1.807) is 6.20 Å². The summed E-state index contributed by atoms with van der Waals surface area (Å²) in [6.07, 6.45) is 19.6. The van der Waals surface area contributed by atoms with Crippen LogP contribution in [-0.2, 0) is 6.42 Å². The van der Waals surface area contributed by atoms with Gasteiger partial charge < -0.3 is 19.9 Å². The molecule has 3 aliphatic rings. The van der Waals surface area contributed by atoms with Gasteiger partial charge in [-0.05, 0) is 80.3 Å². The van der Waals surface area contributed by atoms with Crippen LogP contribution < -0.4 is 10.6 Å². The van der Waals surface area contributed by atoms with E-state index < -0.39 is 0 Å². The lowest BCUT2D eigenvalue weighted by Crippen LogP contribution is -2.38. The number of nitrogens with zero attached hydrogens (tertiary/aromatic N) is 3. The van der Waals surface area contributed by atoms with E-state index in [1.807, 2.05) is 35.0 Å². The third-order valence-corrected chi connectivity index (χ3v) is 9.22. The van der Waals surface area contributed by atoms with Crippen molar-refractivity contribution in [2.24, 2.45) is 5.92 Å². The number of imidazole rings is 1. The van der Waals surface area contributed by atoms with Gasteiger partial charge in [-0.15, -0.1) is 0 Å². The third kappa shape index (κ3) is 5.82. The average Bonchev–Trinajstić information content (AvgIpc) is 3.50. The first-order chi connectivity index (χ1) is 19.1. The predicted octanol–water partition coefficient (Wildman–Crippen LogP) is 5.85. The Hall–Kier alpha value is -3.35. The van der Waals surface area contributed by atoms with E-state index >= 15 is 0 Å².